The molecular formula is C12H19N3O2. The van der Waals surface area contributed by atoms with Gasteiger partial charge in [0.25, 0.3) is 0 Å². The lowest BCUT2D eigenvalue weighted by molar-refractivity contribution is -0.119. The van der Waals surface area contributed by atoms with Crippen LogP contribution in [0.4, 0.5) is 11.4 Å². The topological polar surface area (TPSA) is 67.6 Å². The smallest absolute Gasteiger partial charge is 0.239 e. The van der Waals surface area contributed by atoms with Gasteiger partial charge in [-0.2, -0.15) is 0 Å². The largest absolute Gasteiger partial charge is 0.495 e. The number of hydrogen-bond donors (Lipinski definition) is 2. The number of rotatable bonds is 5. The second-order valence-corrected chi connectivity index (χ2v) is 3.74. The Kier molecular flexibility index (Phi) is 4.63. The van der Waals surface area contributed by atoms with Gasteiger partial charge in [0, 0.05) is 25.3 Å². The van der Waals surface area contributed by atoms with Gasteiger partial charge in [-0.1, -0.05) is 0 Å². The minimum Gasteiger partial charge on any atom is -0.495 e. The number of anilines is 2. The second kappa shape index (κ2) is 5.98. The fraction of sp³-hybridized carbons (Fsp3) is 0.417. The maximum Gasteiger partial charge on any atom is 0.239 e. The van der Waals surface area contributed by atoms with Crippen molar-refractivity contribution in [2.75, 3.05) is 37.9 Å². The Morgan fingerprint density at radius 1 is 1.53 bits per heavy atom. The van der Waals surface area contributed by atoms with Crippen molar-refractivity contribution in [3.63, 3.8) is 0 Å². The highest BCUT2D eigenvalue weighted by Gasteiger charge is 2.08. The number of carbonyl (C=O) groups is 1. The maximum absolute atomic E-state index is 11.4. The van der Waals surface area contributed by atoms with Crippen molar-refractivity contribution in [1.82, 2.24) is 5.32 Å². The fourth-order valence-electron chi connectivity index (χ4n) is 1.50. The highest BCUT2D eigenvalue weighted by atomic mass is 16.5. The van der Waals surface area contributed by atoms with Crippen LogP contribution >= 0.6 is 0 Å². The van der Waals surface area contributed by atoms with Crippen LogP contribution in [0.2, 0.25) is 0 Å². The zero-order valence-corrected chi connectivity index (χ0v) is 10.5. The summed E-state index contributed by atoms with van der Waals surface area (Å²) in [5.74, 6) is 0.607. The van der Waals surface area contributed by atoms with Crippen LogP contribution in [0, 0.1) is 0 Å². The molecule has 1 amide bonds. The third-order valence-corrected chi connectivity index (χ3v) is 2.41. The molecular weight excluding hydrogens is 218 g/mol. The summed E-state index contributed by atoms with van der Waals surface area (Å²) in [5, 5.41) is 2.75. The van der Waals surface area contributed by atoms with Gasteiger partial charge >= 0.3 is 0 Å². The van der Waals surface area contributed by atoms with Crippen LogP contribution in [0.3, 0.4) is 0 Å². The Labute approximate surface area is 102 Å². The highest BCUT2D eigenvalue weighted by molar-refractivity contribution is 5.81. The molecule has 0 saturated carbocycles. The minimum absolute atomic E-state index is 0.00853. The zero-order valence-electron chi connectivity index (χ0n) is 10.5. The van der Waals surface area contributed by atoms with Crippen molar-refractivity contribution in [3.05, 3.63) is 18.2 Å². The molecule has 0 radical (unpaired) electrons. The van der Waals surface area contributed by atoms with Crippen LogP contribution in [0.15, 0.2) is 18.2 Å². The summed E-state index contributed by atoms with van der Waals surface area (Å²) in [5.41, 5.74) is 7.20. The quantitative estimate of drug-likeness (QED) is 0.745. The van der Waals surface area contributed by atoms with E-state index in [1.165, 1.54) is 0 Å². The van der Waals surface area contributed by atoms with Crippen LogP contribution in [0.1, 0.15) is 6.92 Å². The van der Waals surface area contributed by atoms with Crippen molar-refractivity contribution in [2.45, 2.75) is 6.92 Å². The summed E-state index contributed by atoms with van der Waals surface area (Å²) in [6.45, 7) is 2.84. The molecule has 1 aromatic carbocycles. The zero-order chi connectivity index (χ0) is 12.8. The van der Waals surface area contributed by atoms with Crippen molar-refractivity contribution < 1.29 is 9.53 Å². The van der Waals surface area contributed by atoms with Gasteiger partial charge in [-0.25, -0.2) is 0 Å². The van der Waals surface area contributed by atoms with E-state index >= 15 is 0 Å². The van der Waals surface area contributed by atoms with E-state index in [0.29, 0.717) is 24.5 Å². The monoisotopic (exact) mass is 237 g/mol. The van der Waals surface area contributed by atoms with E-state index in [1.54, 1.807) is 13.2 Å². The minimum atomic E-state index is -0.00853. The van der Waals surface area contributed by atoms with E-state index in [1.807, 2.05) is 31.0 Å². The van der Waals surface area contributed by atoms with Crippen LogP contribution in [0.5, 0.6) is 5.75 Å². The third kappa shape index (κ3) is 3.55. The van der Waals surface area contributed by atoms with Crippen LogP contribution < -0.4 is 20.7 Å². The normalized spacial score (nSPS) is 9.82. The number of methoxy groups -OCH3 is 1. The first-order valence-electron chi connectivity index (χ1n) is 5.49. The Bertz CT molecular complexity index is 393. The van der Waals surface area contributed by atoms with Crippen LogP contribution in [0.25, 0.3) is 0 Å². The van der Waals surface area contributed by atoms with E-state index < -0.39 is 0 Å². The summed E-state index contributed by atoms with van der Waals surface area (Å²) in [6, 6.07) is 5.44. The molecule has 0 spiro atoms. The number of amides is 1. The molecule has 0 saturated heterocycles. The van der Waals surface area contributed by atoms with E-state index in [4.69, 9.17) is 10.5 Å². The third-order valence-electron chi connectivity index (χ3n) is 2.41. The number of nitrogen functional groups attached to an aromatic ring is 1. The molecule has 5 nitrogen and oxygen atoms in total. The van der Waals surface area contributed by atoms with Gasteiger partial charge in [0.05, 0.1) is 19.3 Å². The predicted octanol–water partition coefficient (Wildman–Crippen LogP) is 0.850. The number of likely N-dealkylation sites (N-methyl/N-ethyl adjacent to an activating group) is 2. The number of nitrogens with two attached hydrogens (primary N) is 1. The molecule has 3 N–H and O–H groups in total. The van der Waals surface area contributed by atoms with Gasteiger partial charge in [-0.15, -0.1) is 0 Å². The number of hydrogen-bond acceptors (Lipinski definition) is 4. The van der Waals surface area contributed by atoms with Crippen molar-refractivity contribution >= 4 is 17.3 Å². The first-order valence-corrected chi connectivity index (χ1v) is 5.49. The average molecular weight is 237 g/mol. The number of benzene rings is 1. The SMILES string of the molecule is CCNC(=O)CN(C)c1ccc(N)c(OC)c1. The molecule has 0 aliphatic heterocycles. The Morgan fingerprint density at radius 3 is 2.82 bits per heavy atom. The molecule has 0 bridgehead atoms. The van der Waals surface area contributed by atoms with Gasteiger partial charge in [-0.3, -0.25) is 4.79 Å². The number of ether oxygens (including phenoxy) is 1. The van der Waals surface area contributed by atoms with E-state index in [9.17, 15) is 4.79 Å². The van der Waals surface area contributed by atoms with Gasteiger partial charge < -0.3 is 20.7 Å². The predicted molar refractivity (Wildman–Crippen MR) is 69.4 cm³/mol. The lowest BCUT2D eigenvalue weighted by atomic mass is 10.2. The maximum atomic E-state index is 11.4. The number of nitrogens with zero attached hydrogens (tertiary/aromatic N) is 1. The van der Waals surface area contributed by atoms with Crippen molar-refractivity contribution in [1.29, 1.82) is 0 Å². The van der Waals surface area contributed by atoms with E-state index in [2.05, 4.69) is 5.32 Å². The molecule has 0 fully saturated rings. The highest BCUT2D eigenvalue weighted by Crippen LogP contribution is 2.26. The summed E-state index contributed by atoms with van der Waals surface area (Å²) < 4.78 is 5.14. The molecule has 5 heteroatoms. The molecule has 17 heavy (non-hydrogen) atoms. The molecule has 0 aliphatic rings. The second-order valence-electron chi connectivity index (χ2n) is 3.74. The average Bonchev–Trinajstić information content (AvgIpc) is 2.29. The van der Waals surface area contributed by atoms with Crippen molar-refractivity contribution in [3.8, 4) is 5.75 Å². The summed E-state index contributed by atoms with van der Waals surface area (Å²) in [7, 11) is 3.42. The summed E-state index contributed by atoms with van der Waals surface area (Å²) in [6.07, 6.45) is 0. The first kappa shape index (κ1) is 13.2. The van der Waals surface area contributed by atoms with Gasteiger partial charge in [-0.05, 0) is 19.1 Å². The molecule has 0 heterocycles. The number of carbonyl (C=O) groups excluding carboxylic acids is 1. The molecule has 94 valence electrons. The molecule has 1 aromatic rings. The van der Waals surface area contributed by atoms with Gasteiger partial charge in [0.1, 0.15) is 5.75 Å². The van der Waals surface area contributed by atoms with E-state index in [0.717, 1.165) is 5.69 Å². The lowest BCUT2D eigenvalue weighted by Gasteiger charge is -2.19. The summed E-state index contributed by atoms with van der Waals surface area (Å²) in [4.78, 5) is 13.3. The Hall–Kier alpha value is -1.91. The number of nitrogens with one attached hydrogen (secondary N) is 1. The Balaban J connectivity index is 2.75. The molecule has 0 atom stereocenters. The molecule has 0 unspecified atom stereocenters. The van der Waals surface area contributed by atoms with Crippen molar-refractivity contribution in [2.24, 2.45) is 0 Å². The Morgan fingerprint density at radius 2 is 2.24 bits per heavy atom. The molecule has 1 rings (SSSR count). The summed E-state index contributed by atoms with van der Waals surface area (Å²) >= 11 is 0. The van der Waals surface area contributed by atoms with E-state index in [-0.39, 0.29) is 5.91 Å². The first-order chi connectivity index (χ1) is 8.08. The van der Waals surface area contributed by atoms with Crippen LogP contribution in [-0.4, -0.2) is 33.2 Å². The van der Waals surface area contributed by atoms with Gasteiger partial charge in [0.2, 0.25) is 5.91 Å². The molecule has 0 aromatic heterocycles. The lowest BCUT2D eigenvalue weighted by Crippen LogP contribution is -2.34. The fourth-order valence-corrected chi connectivity index (χ4v) is 1.50. The molecule has 0 aliphatic carbocycles. The van der Waals surface area contributed by atoms with Gasteiger partial charge in [0.15, 0.2) is 0 Å². The standard InChI is InChI=1S/C12H19N3O2/c1-4-14-12(16)8-15(2)9-5-6-10(13)11(7-9)17-3/h5-7H,4,8,13H2,1-3H3,(H,14,16). The van der Waals surface area contributed by atoms with Crippen LogP contribution in [-0.2, 0) is 4.79 Å².